The molecule has 4 rings (SSSR count). The number of fused-ring (bicyclic) bond motifs is 5. The molecule has 3 fully saturated rings. The summed E-state index contributed by atoms with van der Waals surface area (Å²) in [5.41, 5.74) is 1.17. The molecule has 0 bridgehead atoms. The summed E-state index contributed by atoms with van der Waals surface area (Å²) in [6.45, 7) is 8.16. The maximum atomic E-state index is 11.6. The van der Waals surface area contributed by atoms with Crippen LogP contribution in [0.5, 0.6) is 0 Å². The van der Waals surface area contributed by atoms with Gasteiger partial charge in [0.1, 0.15) is 0 Å². The van der Waals surface area contributed by atoms with E-state index in [-0.39, 0.29) is 22.9 Å². The average molecular weight is 363 g/mol. The normalized spacial score (nSPS) is 53.2. The van der Waals surface area contributed by atoms with Crippen molar-refractivity contribution in [3.63, 3.8) is 0 Å². The van der Waals surface area contributed by atoms with Crippen LogP contribution in [0.1, 0.15) is 72.6 Å². The number of aliphatic hydroxyl groups excluding tert-OH is 1. The Kier molecular flexibility index (Phi) is 4.13. The predicted octanol–water partition coefficient (Wildman–Crippen LogP) is 3.81. The van der Waals surface area contributed by atoms with Crippen LogP contribution in [0, 0.1) is 34.5 Å². The van der Waals surface area contributed by atoms with Gasteiger partial charge in [0.2, 0.25) is 5.79 Å². The molecular weight excluding hydrogens is 328 g/mol. The van der Waals surface area contributed by atoms with Crippen LogP contribution in [0.2, 0.25) is 0 Å². The quantitative estimate of drug-likeness (QED) is 0.423. The number of hydrogen-bond donors (Lipinski definition) is 2. The first-order valence-electron chi connectivity index (χ1n) is 10.4. The van der Waals surface area contributed by atoms with Gasteiger partial charge in [-0.3, -0.25) is 4.79 Å². The van der Waals surface area contributed by atoms with Crippen LogP contribution in [0.4, 0.5) is 0 Å². The molecule has 0 saturated heterocycles. The summed E-state index contributed by atoms with van der Waals surface area (Å²) in [7, 11) is 0. The highest BCUT2D eigenvalue weighted by Gasteiger charge is 2.66. The Morgan fingerprint density at radius 1 is 1.15 bits per heavy atom. The van der Waals surface area contributed by atoms with E-state index >= 15 is 0 Å². The molecule has 0 heterocycles. The molecule has 3 saturated carbocycles. The molecule has 4 aliphatic carbocycles. The maximum absolute atomic E-state index is 11.6. The minimum atomic E-state index is -1.31. The lowest BCUT2D eigenvalue weighted by molar-refractivity contribution is -0.264. The van der Waals surface area contributed by atoms with E-state index < -0.39 is 5.79 Å². The van der Waals surface area contributed by atoms with Gasteiger partial charge in [0, 0.05) is 18.8 Å². The van der Waals surface area contributed by atoms with Crippen LogP contribution in [-0.4, -0.2) is 28.1 Å². The van der Waals surface area contributed by atoms with Crippen LogP contribution in [0.3, 0.4) is 0 Å². The Morgan fingerprint density at radius 3 is 2.54 bits per heavy atom. The monoisotopic (exact) mass is 362 g/mol. The summed E-state index contributed by atoms with van der Waals surface area (Å²) >= 11 is 0. The molecular formula is C22H34O4. The van der Waals surface area contributed by atoms with Gasteiger partial charge in [-0.15, -0.1) is 0 Å². The maximum Gasteiger partial charge on any atom is 0.305 e. The summed E-state index contributed by atoms with van der Waals surface area (Å²) in [5.74, 6) is 0.442. The number of allylic oxidation sites excluding steroid dienone is 1. The minimum absolute atomic E-state index is 0.158. The third-order valence-corrected chi connectivity index (χ3v) is 9.11. The Balaban J connectivity index is 1.67. The number of rotatable bonds is 1. The van der Waals surface area contributed by atoms with Gasteiger partial charge in [0.15, 0.2) is 0 Å². The van der Waals surface area contributed by atoms with Gasteiger partial charge in [0.05, 0.1) is 6.10 Å². The number of esters is 1. The van der Waals surface area contributed by atoms with Crippen molar-refractivity contribution in [3.05, 3.63) is 11.6 Å². The van der Waals surface area contributed by atoms with Gasteiger partial charge in [-0.25, -0.2) is 0 Å². The molecule has 26 heavy (non-hydrogen) atoms. The first kappa shape index (κ1) is 18.5. The van der Waals surface area contributed by atoms with Crippen molar-refractivity contribution < 1.29 is 19.7 Å². The van der Waals surface area contributed by atoms with E-state index in [9.17, 15) is 15.0 Å². The van der Waals surface area contributed by atoms with E-state index in [0.29, 0.717) is 30.1 Å². The number of carbonyl (C=O) groups excluding carboxylic acids is 1. The molecule has 1 unspecified atom stereocenters. The molecule has 4 heteroatoms. The zero-order valence-corrected chi connectivity index (χ0v) is 16.6. The number of ether oxygens (including phenoxy) is 1. The van der Waals surface area contributed by atoms with Crippen molar-refractivity contribution in [3.8, 4) is 0 Å². The van der Waals surface area contributed by atoms with Crippen LogP contribution in [-0.2, 0) is 9.53 Å². The Bertz CT molecular complexity index is 642. The fraction of sp³-hybridized carbons (Fsp3) is 0.864. The third kappa shape index (κ3) is 2.30. The highest BCUT2D eigenvalue weighted by molar-refractivity contribution is 5.66. The lowest BCUT2D eigenvalue weighted by atomic mass is 9.44. The van der Waals surface area contributed by atoms with Crippen molar-refractivity contribution in [2.75, 3.05) is 0 Å². The Labute approximate surface area is 157 Å². The molecule has 0 aromatic carbocycles. The smallest absolute Gasteiger partial charge is 0.305 e. The van der Waals surface area contributed by atoms with Crippen molar-refractivity contribution in [1.82, 2.24) is 0 Å². The van der Waals surface area contributed by atoms with Gasteiger partial charge >= 0.3 is 5.97 Å². The second-order valence-electron chi connectivity index (χ2n) is 9.96. The molecule has 0 amide bonds. The largest absolute Gasteiger partial charge is 0.433 e. The zero-order valence-electron chi connectivity index (χ0n) is 16.6. The summed E-state index contributed by atoms with van der Waals surface area (Å²) in [6, 6.07) is 0. The summed E-state index contributed by atoms with van der Waals surface area (Å²) in [4.78, 5) is 11.6. The predicted molar refractivity (Wildman–Crippen MR) is 99.0 cm³/mol. The SMILES string of the molecule is CC(=O)O[C@@]1(O)CC[C@H]2[C@@H]3CC[C@H]4CC(O)C=C(C)[C@]4(C)[C@H]3CC[C@@]21C. The highest BCUT2D eigenvalue weighted by atomic mass is 16.7. The van der Waals surface area contributed by atoms with Crippen molar-refractivity contribution in [2.45, 2.75) is 84.5 Å². The van der Waals surface area contributed by atoms with Crippen LogP contribution >= 0.6 is 0 Å². The summed E-state index contributed by atoms with van der Waals surface area (Å²) in [6.07, 6.45) is 8.46. The second-order valence-corrected chi connectivity index (χ2v) is 9.96. The fourth-order valence-electron chi connectivity index (χ4n) is 7.62. The van der Waals surface area contributed by atoms with E-state index in [1.165, 1.54) is 18.9 Å². The molecule has 2 N–H and O–H groups in total. The van der Waals surface area contributed by atoms with E-state index in [2.05, 4.69) is 26.8 Å². The minimum Gasteiger partial charge on any atom is -0.433 e. The van der Waals surface area contributed by atoms with Gasteiger partial charge in [-0.05, 0) is 74.5 Å². The molecule has 0 aliphatic heterocycles. The average Bonchev–Trinajstić information content (AvgIpc) is 2.80. The Morgan fingerprint density at radius 2 is 1.85 bits per heavy atom. The number of aliphatic hydroxyl groups is 2. The standard InChI is InChI=1S/C22H34O4/c1-13-11-16(24)12-15-5-6-17-18-8-10-22(25,26-14(2)23)20(18,3)9-7-19(17)21(13,15)4/h11,15-19,24-25H,5-10,12H2,1-4H3/t15-,16?,17-,18-,19-,20-,21-,22-/m0/s1. The molecule has 4 aliphatic rings. The molecule has 146 valence electrons. The van der Waals surface area contributed by atoms with E-state index in [1.54, 1.807) is 0 Å². The van der Waals surface area contributed by atoms with Gasteiger partial charge in [-0.1, -0.05) is 25.5 Å². The molecule has 4 nitrogen and oxygen atoms in total. The van der Waals surface area contributed by atoms with E-state index in [1.807, 2.05) is 0 Å². The number of hydrogen-bond acceptors (Lipinski definition) is 4. The summed E-state index contributed by atoms with van der Waals surface area (Å²) < 4.78 is 5.49. The lowest BCUT2D eigenvalue weighted by Gasteiger charge is -2.61. The van der Waals surface area contributed by atoms with Crippen LogP contribution in [0.15, 0.2) is 11.6 Å². The van der Waals surface area contributed by atoms with E-state index in [0.717, 1.165) is 32.1 Å². The first-order valence-corrected chi connectivity index (χ1v) is 10.4. The van der Waals surface area contributed by atoms with Gasteiger partial charge in [-0.2, -0.15) is 0 Å². The van der Waals surface area contributed by atoms with Crippen molar-refractivity contribution >= 4 is 5.97 Å². The highest BCUT2D eigenvalue weighted by Crippen LogP contribution is 2.68. The van der Waals surface area contributed by atoms with Crippen molar-refractivity contribution in [1.29, 1.82) is 0 Å². The van der Waals surface area contributed by atoms with Gasteiger partial charge < -0.3 is 14.9 Å². The van der Waals surface area contributed by atoms with Gasteiger partial charge in [0.25, 0.3) is 0 Å². The first-order chi connectivity index (χ1) is 12.1. The zero-order chi connectivity index (χ0) is 18.9. The molecule has 0 aromatic rings. The fourth-order valence-corrected chi connectivity index (χ4v) is 7.62. The van der Waals surface area contributed by atoms with Crippen molar-refractivity contribution in [2.24, 2.45) is 34.5 Å². The third-order valence-electron chi connectivity index (χ3n) is 9.11. The van der Waals surface area contributed by atoms with Crippen LogP contribution in [0.25, 0.3) is 0 Å². The lowest BCUT2D eigenvalue weighted by Crippen LogP contribution is -2.57. The molecule has 0 spiro atoms. The Hall–Kier alpha value is -0.870. The van der Waals surface area contributed by atoms with E-state index in [4.69, 9.17) is 4.74 Å². The topological polar surface area (TPSA) is 66.8 Å². The molecule has 0 radical (unpaired) electrons. The van der Waals surface area contributed by atoms with Crippen LogP contribution < -0.4 is 0 Å². The molecule has 0 aromatic heterocycles. The summed E-state index contributed by atoms with van der Waals surface area (Å²) in [5, 5.41) is 21.4. The second kappa shape index (κ2) is 5.81. The number of carbonyl (C=O) groups is 1. The molecule has 8 atom stereocenters.